The SMILES string of the molecule is CC(=O)Nc1ccc(Nc2ncnc(Nc3ccccc3Br)c2N)cc1. The van der Waals surface area contributed by atoms with Crippen LogP contribution in [0.3, 0.4) is 0 Å². The summed E-state index contributed by atoms with van der Waals surface area (Å²) < 4.78 is 0.904. The van der Waals surface area contributed by atoms with Crippen molar-refractivity contribution in [1.29, 1.82) is 0 Å². The van der Waals surface area contributed by atoms with E-state index in [4.69, 9.17) is 5.73 Å². The number of aromatic nitrogens is 2. The van der Waals surface area contributed by atoms with E-state index in [0.29, 0.717) is 17.3 Å². The Morgan fingerprint density at radius 2 is 1.58 bits per heavy atom. The number of anilines is 6. The second-order valence-electron chi connectivity index (χ2n) is 5.47. The Bertz CT molecular complexity index is 929. The molecule has 0 fully saturated rings. The summed E-state index contributed by atoms with van der Waals surface area (Å²) in [5.41, 5.74) is 8.96. The zero-order valence-corrected chi connectivity index (χ0v) is 15.5. The molecule has 2 aromatic carbocycles. The van der Waals surface area contributed by atoms with Gasteiger partial charge in [-0.25, -0.2) is 9.97 Å². The van der Waals surface area contributed by atoms with E-state index in [1.807, 2.05) is 36.4 Å². The van der Waals surface area contributed by atoms with E-state index < -0.39 is 0 Å². The largest absolute Gasteiger partial charge is 0.393 e. The van der Waals surface area contributed by atoms with Gasteiger partial charge >= 0.3 is 0 Å². The van der Waals surface area contributed by atoms with E-state index in [1.54, 1.807) is 12.1 Å². The first kappa shape index (κ1) is 17.7. The standard InChI is InChI=1S/C18H17BrN6O/c1-11(26)23-12-6-8-13(9-7-12)24-17-16(20)18(22-10-21-17)25-15-5-3-2-4-14(15)19/h2-10H,20H2,1H3,(H,23,26)(H2,21,22,24,25). The molecule has 0 radical (unpaired) electrons. The van der Waals surface area contributed by atoms with Crippen LogP contribution in [0.25, 0.3) is 0 Å². The molecule has 0 aliphatic rings. The number of halogens is 1. The minimum absolute atomic E-state index is 0.117. The first-order chi connectivity index (χ1) is 12.5. The van der Waals surface area contributed by atoms with Crippen molar-refractivity contribution in [3.8, 4) is 0 Å². The fourth-order valence-corrected chi connectivity index (χ4v) is 2.65. The second-order valence-corrected chi connectivity index (χ2v) is 6.33. The molecule has 1 heterocycles. The maximum Gasteiger partial charge on any atom is 0.221 e. The molecule has 0 atom stereocenters. The number of hydrogen-bond donors (Lipinski definition) is 4. The van der Waals surface area contributed by atoms with Crippen molar-refractivity contribution in [2.24, 2.45) is 0 Å². The van der Waals surface area contributed by atoms with Crippen LogP contribution in [-0.4, -0.2) is 15.9 Å². The Hall–Kier alpha value is -3.13. The Balaban J connectivity index is 1.79. The van der Waals surface area contributed by atoms with E-state index in [0.717, 1.165) is 21.5 Å². The minimum atomic E-state index is -0.117. The molecule has 3 aromatic rings. The van der Waals surface area contributed by atoms with Crippen molar-refractivity contribution in [1.82, 2.24) is 9.97 Å². The number of nitrogen functional groups attached to an aromatic ring is 1. The van der Waals surface area contributed by atoms with Gasteiger partial charge in [0.15, 0.2) is 11.6 Å². The number of para-hydroxylation sites is 1. The zero-order valence-electron chi connectivity index (χ0n) is 14.0. The molecule has 0 spiro atoms. The highest BCUT2D eigenvalue weighted by molar-refractivity contribution is 9.10. The van der Waals surface area contributed by atoms with Gasteiger partial charge in [-0.15, -0.1) is 0 Å². The third-order valence-corrected chi connectivity index (χ3v) is 4.17. The van der Waals surface area contributed by atoms with Crippen molar-refractivity contribution >= 4 is 56.2 Å². The molecule has 0 saturated heterocycles. The van der Waals surface area contributed by atoms with Gasteiger partial charge in [0.05, 0.1) is 5.69 Å². The normalized spacial score (nSPS) is 10.2. The summed E-state index contributed by atoms with van der Waals surface area (Å²) in [6, 6.07) is 14.9. The summed E-state index contributed by atoms with van der Waals surface area (Å²) >= 11 is 3.48. The van der Waals surface area contributed by atoms with Crippen LogP contribution in [-0.2, 0) is 4.79 Å². The van der Waals surface area contributed by atoms with E-state index in [9.17, 15) is 4.79 Å². The third-order valence-electron chi connectivity index (χ3n) is 3.48. The summed E-state index contributed by atoms with van der Waals surface area (Å²) in [6.45, 7) is 1.47. The van der Waals surface area contributed by atoms with E-state index in [2.05, 4.69) is 41.8 Å². The van der Waals surface area contributed by atoms with Crippen LogP contribution in [0.2, 0.25) is 0 Å². The maximum atomic E-state index is 11.1. The van der Waals surface area contributed by atoms with Crippen LogP contribution < -0.4 is 21.7 Å². The lowest BCUT2D eigenvalue weighted by atomic mass is 10.2. The highest BCUT2D eigenvalue weighted by Gasteiger charge is 2.10. The Kier molecular flexibility index (Phi) is 5.33. The lowest BCUT2D eigenvalue weighted by molar-refractivity contribution is -0.114. The summed E-state index contributed by atoms with van der Waals surface area (Å²) in [5, 5.41) is 9.06. The highest BCUT2D eigenvalue weighted by atomic mass is 79.9. The predicted molar refractivity (Wildman–Crippen MR) is 108 cm³/mol. The van der Waals surface area contributed by atoms with Gasteiger partial charge in [-0.05, 0) is 52.3 Å². The summed E-state index contributed by atoms with van der Waals surface area (Å²) in [4.78, 5) is 19.5. The molecule has 5 N–H and O–H groups in total. The Labute approximate surface area is 159 Å². The van der Waals surface area contributed by atoms with E-state index >= 15 is 0 Å². The maximum absolute atomic E-state index is 11.1. The van der Waals surface area contributed by atoms with Crippen LogP contribution in [0, 0.1) is 0 Å². The van der Waals surface area contributed by atoms with Gasteiger partial charge in [0.25, 0.3) is 0 Å². The highest BCUT2D eigenvalue weighted by Crippen LogP contribution is 2.31. The zero-order chi connectivity index (χ0) is 18.5. The number of nitrogens with zero attached hydrogens (tertiary/aromatic N) is 2. The van der Waals surface area contributed by atoms with Crippen LogP contribution in [0.1, 0.15) is 6.92 Å². The van der Waals surface area contributed by atoms with Gasteiger partial charge in [0.1, 0.15) is 12.0 Å². The number of hydrogen-bond acceptors (Lipinski definition) is 6. The van der Waals surface area contributed by atoms with Crippen LogP contribution in [0.15, 0.2) is 59.3 Å². The van der Waals surface area contributed by atoms with Crippen molar-refractivity contribution in [3.63, 3.8) is 0 Å². The topological polar surface area (TPSA) is 105 Å². The molecular formula is C18H17BrN6O. The van der Waals surface area contributed by atoms with E-state index in [1.165, 1.54) is 13.3 Å². The molecule has 0 unspecified atom stereocenters. The molecule has 0 saturated carbocycles. The van der Waals surface area contributed by atoms with Crippen LogP contribution in [0.4, 0.5) is 34.4 Å². The average molecular weight is 413 g/mol. The van der Waals surface area contributed by atoms with Gasteiger partial charge in [-0.1, -0.05) is 12.1 Å². The molecule has 7 nitrogen and oxygen atoms in total. The van der Waals surface area contributed by atoms with Crippen molar-refractivity contribution < 1.29 is 4.79 Å². The first-order valence-corrected chi connectivity index (χ1v) is 8.59. The number of amides is 1. The number of benzene rings is 2. The second kappa shape index (κ2) is 7.83. The fraction of sp³-hybridized carbons (Fsp3) is 0.0556. The Morgan fingerprint density at radius 3 is 2.23 bits per heavy atom. The van der Waals surface area contributed by atoms with E-state index in [-0.39, 0.29) is 5.91 Å². The smallest absolute Gasteiger partial charge is 0.221 e. The van der Waals surface area contributed by atoms with Gasteiger partial charge in [-0.2, -0.15) is 0 Å². The molecular weight excluding hydrogens is 396 g/mol. The minimum Gasteiger partial charge on any atom is -0.393 e. The first-order valence-electron chi connectivity index (χ1n) is 7.79. The quantitative estimate of drug-likeness (QED) is 0.498. The number of carbonyl (C=O) groups excluding carboxylic acids is 1. The number of nitrogens with one attached hydrogen (secondary N) is 3. The van der Waals surface area contributed by atoms with Gasteiger partial charge in [0, 0.05) is 22.8 Å². The summed E-state index contributed by atoms with van der Waals surface area (Å²) in [5.74, 6) is 0.875. The fourth-order valence-electron chi connectivity index (χ4n) is 2.26. The van der Waals surface area contributed by atoms with Crippen LogP contribution >= 0.6 is 15.9 Å². The molecule has 1 amide bonds. The molecule has 0 bridgehead atoms. The lowest BCUT2D eigenvalue weighted by Gasteiger charge is -2.13. The molecule has 0 aliphatic heterocycles. The molecule has 3 rings (SSSR count). The van der Waals surface area contributed by atoms with Gasteiger partial charge in [-0.3, -0.25) is 4.79 Å². The molecule has 8 heteroatoms. The van der Waals surface area contributed by atoms with Crippen molar-refractivity contribution in [2.45, 2.75) is 6.92 Å². The number of carbonyl (C=O) groups is 1. The summed E-state index contributed by atoms with van der Waals surface area (Å²) in [7, 11) is 0. The van der Waals surface area contributed by atoms with Crippen LogP contribution in [0.5, 0.6) is 0 Å². The lowest BCUT2D eigenvalue weighted by Crippen LogP contribution is -2.06. The predicted octanol–water partition coefficient (Wildman–Crippen LogP) is 4.27. The average Bonchev–Trinajstić information content (AvgIpc) is 2.61. The third kappa shape index (κ3) is 4.28. The summed E-state index contributed by atoms with van der Waals surface area (Å²) in [6.07, 6.45) is 1.43. The number of rotatable bonds is 5. The van der Waals surface area contributed by atoms with Crippen molar-refractivity contribution in [3.05, 3.63) is 59.3 Å². The monoisotopic (exact) mass is 412 g/mol. The number of nitrogens with two attached hydrogens (primary N) is 1. The molecule has 26 heavy (non-hydrogen) atoms. The van der Waals surface area contributed by atoms with Gasteiger partial charge in [0.2, 0.25) is 5.91 Å². The molecule has 0 aliphatic carbocycles. The molecule has 132 valence electrons. The van der Waals surface area contributed by atoms with Gasteiger partial charge < -0.3 is 21.7 Å². The molecule has 1 aromatic heterocycles. The van der Waals surface area contributed by atoms with Crippen molar-refractivity contribution in [2.75, 3.05) is 21.7 Å². The Morgan fingerprint density at radius 1 is 0.962 bits per heavy atom.